The molecule has 1 saturated heterocycles. The summed E-state index contributed by atoms with van der Waals surface area (Å²) >= 11 is 7.35. The summed E-state index contributed by atoms with van der Waals surface area (Å²) in [6.07, 6.45) is 5.40. The van der Waals surface area contributed by atoms with E-state index in [9.17, 15) is 0 Å². The maximum absolute atomic E-state index is 5.85. The smallest absolute Gasteiger partial charge is 0.207 e. The Morgan fingerprint density at radius 2 is 2.17 bits per heavy atom. The van der Waals surface area contributed by atoms with Crippen molar-refractivity contribution in [3.05, 3.63) is 9.47 Å². The third-order valence-electron chi connectivity index (χ3n) is 3.66. The van der Waals surface area contributed by atoms with E-state index in [4.69, 9.17) is 11.6 Å². The molecule has 100 valence electrons. The first-order valence-electron chi connectivity index (χ1n) is 6.73. The highest BCUT2D eigenvalue weighted by atomic mass is 35.5. The molecule has 1 aliphatic heterocycles. The van der Waals surface area contributed by atoms with Crippen molar-refractivity contribution in [2.24, 2.45) is 5.92 Å². The van der Waals surface area contributed by atoms with Gasteiger partial charge in [0.1, 0.15) is 5.01 Å². The van der Waals surface area contributed by atoms with Crippen LogP contribution in [0.25, 0.3) is 0 Å². The fourth-order valence-corrected chi connectivity index (χ4v) is 3.49. The van der Waals surface area contributed by atoms with E-state index in [1.54, 1.807) is 0 Å². The molecular formula is C12H19ClN4S. The first kappa shape index (κ1) is 12.8. The van der Waals surface area contributed by atoms with Gasteiger partial charge in [0.25, 0.3) is 0 Å². The number of nitrogens with zero attached hydrogens (tertiary/aromatic N) is 3. The Morgan fingerprint density at radius 3 is 2.78 bits per heavy atom. The Labute approximate surface area is 117 Å². The van der Waals surface area contributed by atoms with Crippen molar-refractivity contribution in [2.75, 3.05) is 19.6 Å². The van der Waals surface area contributed by atoms with Gasteiger partial charge in [-0.1, -0.05) is 11.3 Å². The molecule has 1 unspecified atom stereocenters. The van der Waals surface area contributed by atoms with E-state index in [-0.39, 0.29) is 0 Å². The average Bonchev–Trinajstić information content (AvgIpc) is 2.84. The van der Waals surface area contributed by atoms with Crippen molar-refractivity contribution >= 4 is 22.9 Å². The van der Waals surface area contributed by atoms with Gasteiger partial charge in [-0.2, -0.15) is 0 Å². The highest BCUT2D eigenvalue weighted by Gasteiger charge is 2.27. The van der Waals surface area contributed by atoms with E-state index in [0.29, 0.717) is 10.5 Å². The lowest BCUT2D eigenvalue weighted by Gasteiger charge is -2.24. The van der Waals surface area contributed by atoms with Gasteiger partial charge < -0.3 is 5.32 Å². The quantitative estimate of drug-likeness (QED) is 0.870. The third-order valence-corrected chi connectivity index (χ3v) is 4.66. The Hall–Kier alpha value is -0.230. The fraction of sp³-hybridized carbons (Fsp3) is 0.833. The summed E-state index contributed by atoms with van der Waals surface area (Å²) in [6, 6.07) is 0.659. The fourth-order valence-electron chi connectivity index (χ4n) is 2.58. The number of hydrogen-bond acceptors (Lipinski definition) is 5. The number of rotatable bonds is 6. The summed E-state index contributed by atoms with van der Waals surface area (Å²) in [5, 5.41) is 12.6. The van der Waals surface area contributed by atoms with Crippen molar-refractivity contribution in [1.29, 1.82) is 0 Å². The molecule has 0 radical (unpaired) electrons. The zero-order valence-corrected chi connectivity index (χ0v) is 12.0. The minimum Gasteiger partial charge on any atom is -0.313 e. The molecule has 4 nitrogen and oxygen atoms in total. The molecular weight excluding hydrogens is 268 g/mol. The monoisotopic (exact) mass is 286 g/mol. The van der Waals surface area contributed by atoms with Crippen molar-refractivity contribution < 1.29 is 0 Å². The van der Waals surface area contributed by atoms with Crippen molar-refractivity contribution in [3.8, 4) is 0 Å². The predicted octanol–water partition coefficient (Wildman–Crippen LogP) is 2.16. The molecule has 3 rings (SSSR count). The van der Waals surface area contributed by atoms with Gasteiger partial charge in [-0.05, 0) is 49.7 Å². The molecule has 6 heteroatoms. The van der Waals surface area contributed by atoms with E-state index in [0.717, 1.165) is 24.0 Å². The number of hydrogen-bond donors (Lipinski definition) is 1. The molecule has 0 aromatic carbocycles. The van der Waals surface area contributed by atoms with Gasteiger partial charge in [0.05, 0.1) is 6.54 Å². The molecule has 18 heavy (non-hydrogen) atoms. The molecule has 0 amide bonds. The van der Waals surface area contributed by atoms with E-state index >= 15 is 0 Å². The highest BCUT2D eigenvalue weighted by molar-refractivity contribution is 7.15. The second-order valence-corrected chi connectivity index (χ2v) is 7.02. The lowest BCUT2D eigenvalue weighted by atomic mass is 10.2. The summed E-state index contributed by atoms with van der Waals surface area (Å²) in [7, 11) is 0. The Bertz CT molecular complexity index is 387. The van der Waals surface area contributed by atoms with Gasteiger partial charge >= 0.3 is 0 Å². The number of aromatic nitrogens is 2. The van der Waals surface area contributed by atoms with Crippen LogP contribution in [0.4, 0.5) is 0 Å². The molecule has 1 atom stereocenters. The van der Waals surface area contributed by atoms with E-state index in [2.05, 4.69) is 20.4 Å². The van der Waals surface area contributed by atoms with Crippen molar-refractivity contribution in [2.45, 2.75) is 38.3 Å². The molecule has 1 aromatic heterocycles. The Kier molecular flexibility index (Phi) is 4.13. The summed E-state index contributed by atoms with van der Waals surface area (Å²) in [4.78, 5) is 2.53. The van der Waals surface area contributed by atoms with Gasteiger partial charge in [-0.3, -0.25) is 4.90 Å². The van der Waals surface area contributed by atoms with Gasteiger partial charge in [-0.25, -0.2) is 0 Å². The van der Waals surface area contributed by atoms with Crippen LogP contribution >= 0.6 is 22.9 Å². The zero-order chi connectivity index (χ0) is 12.4. The molecule has 1 aliphatic carbocycles. The molecule has 0 bridgehead atoms. The first-order chi connectivity index (χ1) is 8.79. The van der Waals surface area contributed by atoms with Gasteiger partial charge in [0, 0.05) is 19.1 Å². The largest absolute Gasteiger partial charge is 0.313 e. The molecule has 2 aliphatic rings. The van der Waals surface area contributed by atoms with Crippen LogP contribution in [0.1, 0.15) is 30.7 Å². The lowest BCUT2D eigenvalue weighted by Crippen LogP contribution is -2.38. The summed E-state index contributed by atoms with van der Waals surface area (Å²) in [5.74, 6) is 0.912. The molecule has 1 saturated carbocycles. The van der Waals surface area contributed by atoms with Crippen LogP contribution in [-0.4, -0.2) is 40.8 Å². The van der Waals surface area contributed by atoms with Crippen molar-refractivity contribution in [1.82, 2.24) is 20.4 Å². The van der Waals surface area contributed by atoms with Crippen LogP contribution in [0.5, 0.6) is 0 Å². The van der Waals surface area contributed by atoms with Crippen LogP contribution in [0.15, 0.2) is 0 Å². The number of halogens is 1. The molecule has 2 heterocycles. The third kappa shape index (κ3) is 3.63. The Balaban J connectivity index is 1.57. The van der Waals surface area contributed by atoms with Crippen LogP contribution in [0, 0.1) is 5.92 Å². The minimum atomic E-state index is 0.551. The minimum absolute atomic E-state index is 0.551. The molecule has 1 N–H and O–H groups in total. The maximum atomic E-state index is 5.85. The normalized spacial score (nSPS) is 24.0. The van der Waals surface area contributed by atoms with Gasteiger partial charge in [0.2, 0.25) is 4.47 Å². The molecule has 0 spiro atoms. The van der Waals surface area contributed by atoms with E-state index < -0.39 is 0 Å². The number of nitrogens with one attached hydrogen (secondary N) is 1. The molecule has 1 aromatic rings. The van der Waals surface area contributed by atoms with Crippen LogP contribution in [0.3, 0.4) is 0 Å². The SMILES string of the molecule is Clc1nnc(CN(CC2CC2)CC2CCCN2)s1. The standard InChI is InChI=1S/C12H19ClN4S/c13-12-16-15-11(18-12)8-17(6-9-3-4-9)7-10-2-1-5-14-10/h9-10,14H,1-8H2. The Morgan fingerprint density at radius 1 is 1.28 bits per heavy atom. The first-order valence-corrected chi connectivity index (χ1v) is 7.92. The van der Waals surface area contributed by atoms with Crippen LogP contribution in [-0.2, 0) is 6.54 Å². The van der Waals surface area contributed by atoms with Crippen LogP contribution < -0.4 is 5.32 Å². The van der Waals surface area contributed by atoms with Crippen LogP contribution in [0.2, 0.25) is 4.47 Å². The summed E-state index contributed by atoms with van der Waals surface area (Å²) in [5.41, 5.74) is 0. The lowest BCUT2D eigenvalue weighted by molar-refractivity contribution is 0.231. The summed E-state index contributed by atoms with van der Waals surface area (Å²) in [6.45, 7) is 4.41. The maximum Gasteiger partial charge on any atom is 0.207 e. The predicted molar refractivity (Wildman–Crippen MR) is 73.9 cm³/mol. The highest BCUT2D eigenvalue weighted by Crippen LogP contribution is 2.30. The van der Waals surface area contributed by atoms with Gasteiger partial charge in [0.15, 0.2) is 0 Å². The van der Waals surface area contributed by atoms with Gasteiger partial charge in [-0.15, -0.1) is 10.2 Å². The topological polar surface area (TPSA) is 41.1 Å². The second-order valence-electron chi connectivity index (χ2n) is 5.38. The molecule has 2 fully saturated rings. The summed E-state index contributed by atoms with van der Waals surface area (Å²) < 4.78 is 0.551. The van der Waals surface area contributed by atoms with E-state index in [1.165, 1.54) is 50.1 Å². The van der Waals surface area contributed by atoms with E-state index in [1.807, 2.05) is 0 Å². The second kappa shape index (κ2) is 5.82. The average molecular weight is 287 g/mol. The van der Waals surface area contributed by atoms with Crippen molar-refractivity contribution in [3.63, 3.8) is 0 Å². The zero-order valence-electron chi connectivity index (χ0n) is 10.4.